The number of hydrogen-bond donors (Lipinski definition) is 1. The van der Waals surface area contributed by atoms with Crippen molar-refractivity contribution in [3.63, 3.8) is 0 Å². The minimum Gasteiger partial charge on any atom is -0.339 e. The van der Waals surface area contributed by atoms with Crippen molar-refractivity contribution >= 4 is 0 Å². The predicted octanol–water partition coefficient (Wildman–Crippen LogP) is 3.36. The smallest absolute Gasteiger partial charge is 0.231 e. The van der Waals surface area contributed by atoms with Crippen molar-refractivity contribution in [2.75, 3.05) is 13.1 Å². The molecule has 1 saturated heterocycles. The van der Waals surface area contributed by atoms with Gasteiger partial charge in [0.25, 0.3) is 0 Å². The first-order valence-corrected chi connectivity index (χ1v) is 7.97. The predicted molar refractivity (Wildman–Crippen MR) is 74.2 cm³/mol. The Morgan fingerprint density at radius 2 is 1.63 bits per heavy atom. The SMILES string of the molecule is C1CCCC(c2noc([C@H]3CCCNC3)n2)CCC1. The molecule has 3 rings (SSSR count). The number of aromatic nitrogens is 2. The number of hydrogen-bond acceptors (Lipinski definition) is 4. The molecule has 0 aromatic carbocycles. The summed E-state index contributed by atoms with van der Waals surface area (Å²) in [6.45, 7) is 2.12. The number of piperidine rings is 1. The van der Waals surface area contributed by atoms with E-state index in [1.165, 1.54) is 57.8 Å². The van der Waals surface area contributed by atoms with Crippen LogP contribution in [0, 0.1) is 0 Å². The minimum atomic E-state index is 0.434. The van der Waals surface area contributed by atoms with Crippen LogP contribution in [0.5, 0.6) is 0 Å². The zero-order chi connectivity index (χ0) is 12.9. The molecular formula is C15H25N3O. The maximum absolute atomic E-state index is 5.53. The van der Waals surface area contributed by atoms with Gasteiger partial charge >= 0.3 is 0 Å². The Morgan fingerprint density at radius 3 is 2.37 bits per heavy atom. The van der Waals surface area contributed by atoms with Gasteiger partial charge < -0.3 is 9.84 Å². The second-order valence-electron chi connectivity index (χ2n) is 6.08. The standard InChI is InChI=1S/C15H25N3O/c1-2-4-7-12(8-5-3-1)14-17-15(19-18-14)13-9-6-10-16-11-13/h12-13,16H,1-11H2/t13-/m0/s1. The molecule has 0 unspecified atom stereocenters. The van der Waals surface area contributed by atoms with Crippen molar-refractivity contribution < 1.29 is 4.52 Å². The Morgan fingerprint density at radius 1 is 0.895 bits per heavy atom. The Labute approximate surface area is 115 Å². The fraction of sp³-hybridized carbons (Fsp3) is 0.867. The average molecular weight is 263 g/mol. The third-order valence-corrected chi connectivity index (χ3v) is 4.57. The summed E-state index contributed by atoms with van der Waals surface area (Å²) in [6, 6.07) is 0. The second-order valence-corrected chi connectivity index (χ2v) is 6.08. The van der Waals surface area contributed by atoms with E-state index in [2.05, 4.69) is 10.5 Å². The van der Waals surface area contributed by atoms with Gasteiger partial charge in [-0.3, -0.25) is 0 Å². The summed E-state index contributed by atoms with van der Waals surface area (Å²) in [5.41, 5.74) is 0. The van der Waals surface area contributed by atoms with Crippen LogP contribution in [0.4, 0.5) is 0 Å². The molecular weight excluding hydrogens is 238 g/mol. The van der Waals surface area contributed by atoms with Gasteiger partial charge in [0, 0.05) is 12.5 Å². The number of nitrogens with one attached hydrogen (secondary N) is 1. The molecule has 1 aliphatic heterocycles. The summed E-state index contributed by atoms with van der Waals surface area (Å²) in [5.74, 6) is 2.81. The topological polar surface area (TPSA) is 51.0 Å². The molecule has 2 heterocycles. The normalized spacial score (nSPS) is 26.8. The van der Waals surface area contributed by atoms with Gasteiger partial charge in [-0.15, -0.1) is 0 Å². The monoisotopic (exact) mass is 263 g/mol. The van der Waals surface area contributed by atoms with E-state index in [1.54, 1.807) is 0 Å². The van der Waals surface area contributed by atoms with E-state index >= 15 is 0 Å². The Balaban J connectivity index is 1.65. The van der Waals surface area contributed by atoms with Gasteiger partial charge in [0.05, 0.1) is 5.92 Å². The fourth-order valence-corrected chi connectivity index (χ4v) is 3.36. The molecule has 0 radical (unpaired) electrons. The van der Waals surface area contributed by atoms with Gasteiger partial charge in [-0.05, 0) is 32.2 Å². The van der Waals surface area contributed by atoms with Crippen LogP contribution in [0.15, 0.2) is 4.52 Å². The van der Waals surface area contributed by atoms with E-state index in [0.29, 0.717) is 11.8 Å². The van der Waals surface area contributed by atoms with Gasteiger partial charge in [-0.2, -0.15) is 4.98 Å². The van der Waals surface area contributed by atoms with Crippen LogP contribution in [0.1, 0.15) is 81.3 Å². The molecule has 106 valence electrons. The summed E-state index contributed by atoms with van der Waals surface area (Å²) >= 11 is 0. The van der Waals surface area contributed by atoms with Crippen molar-refractivity contribution in [3.8, 4) is 0 Å². The third-order valence-electron chi connectivity index (χ3n) is 4.57. The maximum atomic E-state index is 5.53. The van der Waals surface area contributed by atoms with E-state index in [9.17, 15) is 0 Å². The van der Waals surface area contributed by atoms with Crippen LogP contribution in [0.2, 0.25) is 0 Å². The molecule has 19 heavy (non-hydrogen) atoms. The zero-order valence-corrected chi connectivity index (χ0v) is 11.7. The van der Waals surface area contributed by atoms with Gasteiger partial charge in [0.15, 0.2) is 5.82 Å². The highest BCUT2D eigenvalue weighted by Gasteiger charge is 2.24. The Bertz CT molecular complexity index is 376. The highest BCUT2D eigenvalue weighted by Crippen LogP contribution is 2.30. The van der Waals surface area contributed by atoms with Crippen LogP contribution >= 0.6 is 0 Å². The molecule has 0 spiro atoms. The zero-order valence-electron chi connectivity index (χ0n) is 11.7. The van der Waals surface area contributed by atoms with Crippen LogP contribution in [0.3, 0.4) is 0 Å². The first-order chi connectivity index (χ1) is 9.43. The molecule has 4 heteroatoms. The number of nitrogens with zero attached hydrogens (tertiary/aromatic N) is 2. The quantitative estimate of drug-likeness (QED) is 0.889. The summed E-state index contributed by atoms with van der Waals surface area (Å²) < 4.78 is 5.53. The van der Waals surface area contributed by atoms with Crippen molar-refractivity contribution in [3.05, 3.63) is 11.7 Å². The lowest BCUT2D eigenvalue weighted by molar-refractivity contribution is 0.317. The van der Waals surface area contributed by atoms with Crippen molar-refractivity contribution in [1.29, 1.82) is 0 Å². The van der Waals surface area contributed by atoms with E-state index in [0.717, 1.165) is 24.8 Å². The summed E-state index contributed by atoms with van der Waals surface area (Å²) in [4.78, 5) is 4.71. The van der Waals surface area contributed by atoms with E-state index in [-0.39, 0.29) is 0 Å². The highest BCUT2D eigenvalue weighted by atomic mass is 16.5. The van der Waals surface area contributed by atoms with Crippen molar-refractivity contribution in [1.82, 2.24) is 15.5 Å². The molecule has 2 aliphatic rings. The van der Waals surface area contributed by atoms with Crippen LogP contribution in [-0.4, -0.2) is 23.2 Å². The lowest BCUT2D eigenvalue weighted by Crippen LogP contribution is -2.28. The lowest BCUT2D eigenvalue weighted by atomic mass is 9.90. The van der Waals surface area contributed by atoms with Crippen LogP contribution in [-0.2, 0) is 0 Å². The van der Waals surface area contributed by atoms with Gasteiger partial charge in [-0.25, -0.2) is 0 Å². The van der Waals surface area contributed by atoms with Crippen molar-refractivity contribution in [2.24, 2.45) is 0 Å². The summed E-state index contributed by atoms with van der Waals surface area (Å²) in [5, 5.41) is 7.69. The molecule has 4 nitrogen and oxygen atoms in total. The molecule has 0 bridgehead atoms. The molecule has 1 aromatic heterocycles. The Kier molecular flexibility index (Phi) is 4.49. The Hall–Kier alpha value is -0.900. The van der Waals surface area contributed by atoms with Crippen molar-refractivity contribution in [2.45, 2.75) is 69.6 Å². The average Bonchev–Trinajstić information content (AvgIpc) is 2.89. The maximum Gasteiger partial charge on any atom is 0.231 e. The lowest BCUT2D eigenvalue weighted by Gasteiger charge is -2.19. The minimum absolute atomic E-state index is 0.434. The first-order valence-electron chi connectivity index (χ1n) is 7.97. The molecule has 1 aromatic rings. The first kappa shape index (κ1) is 13.1. The highest BCUT2D eigenvalue weighted by molar-refractivity contribution is 5.01. The van der Waals surface area contributed by atoms with Gasteiger partial charge in [-0.1, -0.05) is 37.3 Å². The van der Waals surface area contributed by atoms with E-state index in [1.807, 2.05) is 0 Å². The molecule has 0 amide bonds. The van der Waals surface area contributed by atoms with Gasteiger partial charge in [0.2, 0.25) is 5.89 Å². The van der Waals surface area contributed by atoms with Crippen LogP contribution < -0.4 is 5.32 Å². The van der Waals surface area contributed by atoms with Gasteiger partial charge in [0.1, 0.15) is 0 Å². The molecule has 1 N–H and O–H groups in total. The molecule has 1 saturated carbocycles. The largest absolute Gasteiger partial charge is 0.339 e. The summed E-state index contributed by atoms with van der Waals surface area (Å²) in [6.07, 6.45) is 11.6. The second kappa shape index (κ2) is 6.51. The molecule has 1 aliphatic carbocycles. The van der Waals surface area contributed by atoms with Crippen LogP contribution in [0.25, 0.3) is 0 Å². The summed E-state index contributed by atoms with van der Waals surface area (Å²) in [7, 11) is 0. The molecule has 1 atom stereocenters. The third kappa shape index (κ3) is 3.35. The number of rotatable bonds is 2. The fourth-order valence-electron chi connectivity index (χ4n) is 3.36. The molecule has 2 fully saturated rings. The van der Waals surface area contributed by atoms with E-state index < -0.39 is 0 Å². The van der Waals surface area contributed by atoms with E-state index in [4.69, 9.17) is 9.51 Å².